The second kappa shape index (κ2) is 9.63. The van der Waals surface area contributed by atoms with Gasteiger partial charge in [0.15, 0.2) is 11.8 Å². The third kappa shape index (κ3) is 5.38. The van der Waals surface area contributed by atoms with Crippen LogP contribution in [0.1, 0.15) is 47.7 Å². The van der Waals surface area contributed by atoms with Gasteiger partial charge >= 0.3 is 0 Å². The number of hydrogen-bond acceptors (Lipinski definition) is 5. The molecule has 1 unspecified atom stereocenters. The Morgan fingerprint density at radius 3 is 2.92 bits per heavy atom. The van der Waals surface area contributed by atoms with E-state index in [1.807, 2.05) is 17.9 Å². The topological polar surface area (TPSA) is 80.0 Å². The molecule has 0 radical (unpaired) electrons. The quantitative estimate of drug-likeness (QED) is 0.384. The Bertz CT molecular complexity index is 737. The van der Waals surface area contributed by atoms with Gasteiger partial charge in [0, 0.05) is 49.5 Å². The van der Waals surface area contributed by atoms with E-state index in [1.165, 1.54) is 4.88 Å². The zero-order valence-corrected chi connectivity index (χ0v) is 19.0. The van der Waals surface area contributed by atoms with E-state index in [2.05, 4.69) is 51.5 Å². The highest BCUT2D eigenvalue weighted by Crippen LogP contribution is 2.17. The third-order valence-corrected chi connectivity index (χ3v) is 5.23. The van der Waals surface area contributed by atoms with Gasteiger partial charge in [0.25, 0.3) is 0 Å². The number of hydrogen-bond donors (Lipinski definition) is 2. The number of guanidine groups is 1. The lowest BCUT2D eigenvalue weighted by atomic mass is 10.1. The van der Waals surface area contributed by atoms with Crippen LogP contribution in [0, 0.1) is 6.92 Å². The second-order valence-electron chi connectivity index (χ2n) is 6.72. The highest BCUT2D eigenvalue weighted by atomic mass is 127. The molecule has 1 atom stereocenters. The fourth-order valence-electron chi connectivity index (χ4n) is 2.88. The Kier molecular flexibility index (Phi) is 7.81. The van der Waals surface area contributed by atoms with Crippen LogP contribution in [-0.2, 0) is 19.4 Å². The molecule has 0 bridgehead atoms. The normalized spacial score (nSPS) is 17.0. The average molecular weight is 489 g/mol. The maximum absolute atomic E-state index is 4.64. The predicted octanol–water partition coefficient (Wildman–Crippen LogP) is 2.51. The number of aromatic nitrogens is 4. The highest BCUT2D eigenvalue weighted by Gasteiger charge is 2.23. The number of nitrogens with zero attached hydrogens (tertiary/aromatic N) is 5. The predicted molar refractivity (Wildman–Crippen MR) is 117 cm³/mol. The Labute approximate surface area is 176 Å². The lowest BCUT2D eigenvalue weighted by molar-refractivity contribution is 0.391. The zero-order chi connectivity index (χ0) is 17.8. The molecule has 0 saturated heterocycles. The fourth-order valence-corrected chi connectivity index (χ4v) is 3.67. The summed E-state index contributed by atoms with van der Waals surface area (Å²) in [6.45, 7) is 8.01. The van der Waals surface area contributed by atoms with E-state index < -0.39 is 0 Å². The summed E-state index contributed by atoms with van der Waals surface area (Å²) in [6, 6.07) is 0.322. The van der Waals surface area contributed by atoms with Gasteiger partial charge in [0.2, 0.25) is 0 Å². The summed E-state index contributed by atoms with van der Waals surface area (Å²) in [7, 11) is 1.81. The summed E-state index contributed by atoms with van der Waals surface area (Å²) >= 11 is 1.75. The second-order valence-corrected chi connectivity index (χ2v) is 8.04. The van der Waals surface area contributed by atoms with Gasteiger partial charge < -0.3 is 10.6 Å². The molecule has 144 valence electrons. The van der Waals surface area contributed by atoms with Crippen molar-refractivity contribution in [2.45, 2.75) is 58.5 Å². The Hall–Kier alpha value is -1.23. The van der Waals surface area contributed by atoms with Crippen molar-refractivity contribution < 1.29 is 0 Å². The van der Waals surface area contributed by atoms with Crippen molar-refractivity contribution in [1.82, 2.24) is 30.4 Å². The molecule has 26 heavy (non-hydrogen) atoms. The minimum atomic E-state index is 0. The van der Waals surface area contributed by atoms with E-state index in [0.717, 1.165) is 55.0 Å². The zero-order valence-electron chi connectivity index (χ0n) is 15.8. The fraction of sp³-hybridized carbons (Fsp3) is 0.647. The van der Waals surface area contributed by atoms with Gasteiger partial charge in [-0.15, -0.1) is 35.3 Å². The van der Waals surface area contributed by atoms with Crippen LogP contribution in [0.4, 0.5) is 0 Å². The number of fused-ring (bicyclic) bond motifs is 1. The number of aliphatic imine (C=N–C) groups is 1. The summed E-state index contributed by atoms with van der Waals surface area (Å²) < 4.78 is 2.04. The lowest BCUT2D eigenvalue weighted by Gasteiger charge is -2.25. The molecule has 0 spiro atoms. The van der Waals surface area contributed by atoms with Crippen LogP contribution in [0.2, 0.25) is 0 Å². The van der Waals surface area contributed by atoms with E-state index in [-0.39, 0.29) is 24.0 Å². The first-order valence-electron chi connectivity index (χ1n) is 8.87. The molecule has 2 aromatic rings. The molecule has 3 rings (SSSR count). The van der Waals surface area contributed by atoms with E-state index in [9.17, 15) is 0 Å². The minimum absolute atomic E-state index is 0. The summed E-state index contributed by atoms with van der Waals surface area (Å²) in [5, 5.41) is 12.7. The Morgan fingerprint density at radius 2 is 2.27 bits per heavy atom. The molecule has 0 fully saturated rings. The van der Waals surface area contributed by atoms with E-state index in [1.54, 1.807) is 11.3 Å². The average Bonchev–Trinajstić information content (AvgIpc) is 3.19. The van der Waals surface area contributed by atoms with Crippen LogP contribution in [0.25, 0.3) is 0 Å². The number of nitrogens with one attached hydrogen (secondary N) is 2. The van der Waals surface area contributed by atoms with Crippen LogP contribution < -0.4 is 10.6 Å². The van der Waals surface area contributed by atoms with Gasteiger partial charge in [-0.2, -0.15) is 5.10 Å². The summed E-state index contributed by atoms with van der Waals surface area (Å²) in [5.41, 5.74) is 0. The standard InChI is InChI=1S/C17H27N7S.HI/c1-11(2)16-22-14-6-5-13(10-24(14)23-16)21-17(18-4)19-8-7-15-20-9-12(3)25-15;/h9,11,13H,5-8,10H2,1-4H3,(H2,18,19,21);1H. The van der Waals surface area contributed by atoms with Crippen molar-refractivity contribution in [3.63, 3.8) is 0 Å². The van der Waals surface area contributed by atoms with Gasteiger partial charge in [-0.1, -0.05) is 13.8 Å². The number of thiazole rings is 1. The first-order chi connectivity index (χ1) is 12.0. The van der Waals surface area contributed by atoms with Crippen molar-refractivity contribution >= 4 is 41.3 Å². The minimum Gasteiger partial charge on any atom is -0.356 e. The molecule has 0 amide bonds. The molecule has 9 heteroatoms. The molecular formula is C17H28IN7S. The number of halogens is 1. The lowest BCUT2D eigenvalue weighted by Crippen LogP contribution is -2.47. The molecule has 2 N–H and O–H groups in total. The van der Waals surface area contributed by atoms with E-state index in [0.29, 0.717) is 12.0 Å². The maximum atomic E-state index is 4.64. The monoisotopic (exact) mass is 489 g/mol. The smallest absolute Gasteiger partial charge is 0.191 e. The van der Waals surface area contributed by atoms with Crippen molar-refractivity contribution in [3.05, 3.63) is 27.7 Å². The molecule has 7 nitrogen and oxygen atoms in total. The van der Waals surface area contributed by atoms with Crippen LogP contribution in [0.5, 0.6) is 0 Å². The molecular weight excluding hydrogens is 461 g/mol. The summed E-state index contributed by atoms with van der Waals surface area (Å²) in [5.74, 6) is 3.25. The van der Waals surface area contributed by atoms with Crippen molar-refractivity contribution in [2.75, 3.05) is 13.6 Å². The first-order valence-corrected chi connectivity index (χ1v) is 9.69. The number of aryl methyl sites for hydroxylation is 2. The van der Waals surface area contributed by atoms with Gasteiger partial charge in [0.05, 0.1) is 11.6 Å². The SMILES string of the molecule is CN=C(NCCc1ncc(C)s1)NC1CCc2nc(C(C)C)nn2C1.I. The van der Waals surface area contributed by atoms with Gasteiger partial charge in [-0.3, -0.25) is 4.99 Å². The van der Waals surface area contributed by atoms with Crippen molar-refractivity contribution in [2.24, 2.45) is 4.99 Å². The highest BCUT2D eigenvalue weighted by molar-refractivity contribution is 14.0. The molecule has 1 aliphatic rings. The van der Waals surface area contributed by atoms with Crippen LogP contribution in [-0.4, -0.2) is 45.3 Å². The van der Waals surface area contributed by atoms with Crippen molar-refractivity contribution in [1.29, 1.82) is 0 Å². The van der Waals surface area contributed by atoms with Gasteiger partial charge in [-0.05, 0) is 13.3 Å². The third-order valence-electron chi connectivity index (χ3n) is 4.26. The van der Waals surface area contributed by atoms with E-state index >= 15 is 0 Å². The molecule has 0 saturated carbocycles. The molecule has 0 aromatic carbocycles. The largest absolute Gasteiger partial charge is 0.356 e. The first kappa shape index (κ1) is 21.1. The summed E-state index contributed by atoms with van der Waals surface area (Å²) in [4.78, 5) is 14.6. The summed E-state index contributed by atoms with van der Waals surface area (Å²) in [6.07, 6.45) is 4.83. The van der Waals surface area contributed by atoms with Crippen LogP contribution >= 0.6 is 35.3 Å². The number of rotatable bonds is 5. The maximum Gasteiger partial charge on any atom is 0.191 e. The molecule has 0 aliphatic carbocycles. The Morgan fingerprint density at radius 1 is 1.46 bits per heavy atom. The van der Waals surface area contributed by atoms with Crippen molar-refractivity contribution in [3.8, 4) is 0 Å². The molecule has 1 aliphatic heterocycles. The van der Waals surface area contributed by atoms with Gasteiger partial charge in [0.1, 0.15) is 5.82 Å². The van der Waals surface area contributed by atoms with E-state index in [4.69, 9.17) is 0 Å². The molecule has 2 aromatic heterocycles. The van der Waals surface area contributed by atoms with Gasteiger partial charge in [-0.25, -0.2) is 14.6 Å². The van der Waals surface area contributed by atoms with Crippen LogP contribution in [0.3, 0.4) is 0 Å². The Balaban J connectivity index is 0.00000243. The van der Waals surface area contributed by atoms with Crippen LogP contribution in [0.15, 0.2) is 11.2 Å². The molecule has 3 heterocycles.